The van der Waals surface area contributed by atoms with Crippen molar-refractivity contribution in [2.45, 2.75) is 44.9 Å². The number of rotatable bonds is 5. The van der Waals surface area contributed by atoms with Gasteiger partial charge < -0.3 is 27.1 Å². The second kappa shape index (κ2) is 10.1. The standard InChI is InChI=1S/C34H34N2O2.ClH/c1-2-22-20-36(21-31-27-9-5-3-7-24(27)17-25-8-4-6-10-28(25)31)16-14-23(22)18-33(36)34(38)29-13-15-35-32-12-11-26(37)19-30(29)32;/h3-13,15,17,19,22-23,33-34,38H,2,14,16,18,20-21H2,1H3;1H/t22-,23-,33-,34+,36?;/m0./s1. The molecule has 8 rings (SSSR count). The second-order valence-electron chi connectivity index (χ2n) is 11.6. The SMILES string of the molecule is CC[C@H]1C[N+]2(Cc3c4ccccc4cc4ccccc34)CC[C@H]1C[C@H]2[C@H](O)c1ccnc2ccc(O)cc12.[Cl-]. The molecule has 3 fully saturated rings. The van der Waals surface area contributed by atoms with Gasteiger partial charge in [-0.1, -0.05) is 55.5 Å². The number of aliphatic hydroxyl groups is 1. The molecule has 1 aromatic heterocycles. The van der Waals surface area contributed by atoms with Gasteiger partial charge in [-0.15, -0.1) is 0 Å². The third-order valence-electron chi connectivity index (χ3n) is 9.78. The van der Waals surface area contributed by atoms with Gasteiger partial charge in [-0.25, -0.2) is 0 Å². The van der Waals surface area contributed by atoms with E-state index in [-0.39, 0.29) is 24.2 Å². The minimum absolute atomic E-state index is 0. The van der Waals surface area contributed by atoms with Crippen molar-refractivity contribution in [2.75, 3.05) is 13.1 Å². The molecular weight excluding hydrogens is 504 g/mol. The Morgan fingerprint density at radius 1 is 0.923 bits per heavy atom. The normalized spacial score (nSPS) is 25.1. The maximum Gasteiger partial charge on any atom is 0.131 e. The first-order chi connectivity index (χ1) is 18.6. The van der Waals surface area contributed by atoms with Gasteiger partial charge in [0.15, 0.2) is 0 Å². The van der Waals surface area contributed by atoms with Crippen LogP contribution in [0.4, 0.5) is 0 Å². The van der Waals surface area contributed by atoms with Gasteiger partial charge in [0.05, 0.1) is 18.6 Å². The average Bonchev–Trinajstić information content (AvgIpc) is 2.96. The molecule has 0 aliphatic carbocycles. The number of pyridine rings is 1. The van der Waals surface area contributed by atoms with E-state index in [2.05, 4.69) is 66.5 Å². The van der Waals surface area contributed by atoms with E-state index in [1.807, 2.05) is 12.1 Å². The van der Waals surface area contributed by atoms with Gasteiger partial charge in [0.1, 0.15) is 24.4 Å². The first kappa shape index (κ1) is 26.1. The Balaban J connectivity index is 0.00000277. The van der Waals surface area contributed by atoms with Crippen molar-refractivity contribution in [1.82, 2.24) is 4.98 Å². The average molecular weight is 539 g/mol. The van der Waals surface area contributed by atoms with Crippen LogP contribution in [0.1, 0.15) is 43.4 Å². The number of quaternary nitrogens is 1. The molecule has 4 nitrogen and oxygen atoms in total. The van der Waals surface area contributed by atoms with E-state index in [1.165, 1.54) is 39.9 Å². The minimum Gasteiger partial charge on any atom is -1.00 e. The van der Waals surface area contributed by atoms with Crippen molar-refractivity contribution in [3.8, 4) is 5.75 Å². The molecule has 200 valence electrons. The van der Waals surface area contributed by atoms with Crippen LogP contribution in [-0.4, -0.2) is 38.8 Å². The van der Waals surface area contributed by atoms with Crippen molar-refractivity contribution in [3.63, 3.8) is 0 Å². The number of hydrogen-bond donors (Lipinski definition) is 2. The van der Waals surface area contributed by atoms with Crippen LogP contribution >= 0.6 is 0 Å². The summed E-state index contributed by atoms with van der Waals surface area (Å²) >= 11 is 0. The van der Waals surface area contributed by atoms with E-state index in [1.54, 1.807) is 18.3 Å². The Kier molecular flexibility index (Phi) is 6.74. The third kappa shape index (κ3) is 4.26. The molecule has 0 spiro atoms. The first-order valence-corrected chi connectivity index (χ1v) is 14.1. The molecular formula is C34H35ClN2O2. The smallest absolute Gasteiger partial charge is 0.131 e. The molecule has 2 N–H and O–H groups in total. The summed E-state index contributed by atoms with van der Waals surface area (Å²) in [4.78, 5) is 4.51. The molecule has 0 radical (unpaired) electrons. The number of aliphatic hydroxyl groups excluding tert-OH is 1. The fraction of sp³-hybridized carbons (Fsp3) is 0.324. The molecule has 1 unspecified atom stereocenters. The van der Waals surface area contributed by atoms with E-state index < -0.39 is 6.10 Å². The highest BCUT2D eigenvalue weighted by Crippen LogP contribution is 2.49. The van der Waals surface area contributed by atoms with Crippen LogP contribution in [-0.2, 0) is 6.54 Å². The van der Waals surface area contributed by atoms with Gasteiger partial charge in [0.2, 0.25) is 0 Å². The van der Waals surface area contributed by atoms with Gasteiger partial charge in [-0.3, -0.25) is 4.98 Å². The number of aromatic hydroxyl groups is 1. The summed E-state index contributed by atoms with van der Waals surface area (Å²) in [7, 11) is 0. The highest BCUT2D eigenvalue weighted by Gasteiger charge is 2.54. The molecule has 0 saturated carbocycles. The fourth-order valence-electron chi connectivity index (χ4n) is 7.88. The lowest BCUT2D eigenvalue weighted by Crippen LogP contribution is -3.00. The molecule has 3 saturated heterocycles. The molecule has 4 heterocycles. The predicted octanol–water partition coefficient (Wildman–Crippen LogP) is 4.12. The minimum atomic E-state index is -0.621. The molecule has 2 bridgehead atoms. The molecule has 5 heteroatoms. The second-order valence-corrected chi connectivity index (χ2v) is 11.6. The lowest BCUT2D eigenvalue weighted by Gasteiger charge is -2.58. The highest BCUT2D eigenvalue weighted by molar-refractivity contribution is 6.02. The van der Waals surface area contributed by atoms with Gasteiger partial charge in [-0.05, 0) is 69.8 Å². The maximum absolute atomic E-state index is 12.2. The van der Waals surface area contributed by atoms with Crippen LogP contribution in [0.25, 0.3) is 32.4 Å². The zero-order chi connectivity index (χ0) is 25.9. The molecule has 39 heavy (non-hydrogen) atoms. The molecule has 3 aliphatic rings. The zero-order valence-corrected chi connectivity index (χ0v) is 23.1. The van der Waals surface area contributed by atoms with Crippen molar-refractivity contribution in [1.29, 1.82) is 0 Å². The predicted molar refractivity (Wildman–Crippen MR) is 154 cm³/mol. The lowest BCUT2D eigenvalue weighted by molar-refractivity contribution is -0.985. The van der Waals surface area contributed by atoms with Crippen molar-refractivity contribution in [3.05, 3.63) is 96.2 Å². The Labute approximate surface area is 235 Å². The molecule has 0 amide bonds. The summed E-state index contributed by atoms with van der Waals surface area (Å²) < 4.78 is 0.913. The fourth-order valence-corrected chi connectivity index (χ4v) is 7.88. The molecule has 4 aromatic carbocycles. The van der Waals surface area contributed by atoms with Crippen molar-refractivity contribution < 1.29 is 27.1 Å². The lowest BCUT2D eigenvalue weighted by atomic mass is 9.70. The van der Waals surface area contributed by atoms with Gasteiger partial charge in [-0.2, -0.15) is 0 Å². The number of halogens is 1. The number of fused-ring (bicyclic) bond motifs is 6. The quantitative estimate of drug-likeness (QED) is 0.261. The van der Waals surface area contributed by atoms with Crippen molar-refractivity contribution >= 4 is 32.4 Å². The van der Waals surface area contributed by atoms with Gasteiger partial charge >= 0.3 is 0 Å². The van der Waals surface area contributed by atoms with E-state index in [0.29, 0.717) is 11.8 Å². The van der Waals surface area contributed by atoms with Crippen LogP contribution < -0.4 is 12.4 Å². The number of nitrogens with zero attached hydrogens (tertiary/aromatic N) is 2. The number of phenols is 1. The van der Waals surface area contributed by atoms with Gasteiger partial charge in [0.25, 0.3) is 0 Å². The monoisotopic (exact) mass is 538 g/mol. The number of hydrogen-bond acceptors (Lipinski definition) is 3. The largest absolute Gasteiger partial charge is 1.00 e. The third-order valence-corrected chi connectivity index (χ3v) is 9.78. The van der Waals surface area contributed by atoms with Crippen LogP contribution in [0.3, 0.4) is 0 Å². The Morgan fingerprint density at radius 2 is 1.64 bits per heavy atom. The van der Waals surface area contributed by atoms with E-state index in [4.69, 9.17) is 0 Å². The number of phenolic OH excluding ortho intramolecular Hbond substituents is 1. The van der Waals surface area contributed by atoms with E-state index in [9.17, 15) is 10.2 Å². The molecule has 5 atom stereocenters. The zero-order valence-electron chi connectivity index (χ0n) is 22.3. The molecule has 5 aromatic rings. The van der Waals surface area contributed by atoms with E-state index >= 15 is 0 Å². The van der Waals surface area contributed by atoms with Crippen LogP contribution in [0.2, 0.25) is 0 Å². The van der Waals surface area contributed by atoms with Crippen LogP contribution in [0.5, 0.6) is 5.75 Å². The van der Waals surface area contributed by atoms with E-state index in [0.717, 1.165) is 47.0 Å². The molecule has 3 aliphatic heterocycles. The first-order valence-electron chi connectivity index (χ1n) is 14.1. The Hall–Kier alpha value is -3.18. The summed E-state index contributed by atoms with van der Waals surface area (Å²) in [6.07, 6.45) is 4.62. The highest BCUT2D eigenvalue weighted by atomic mass is 35.5. The Morgan fingerprint density at radius 3 is 2.36 bits per heavy atom. The van der Waals surface area contributed by atoms with Crippen LogP contribution in [0, 0.1) is 11.8 Å². The van der Waals surface area contributed by atoms with Crippen LogP contribution in [0.15, 0.2) is 85.1 Å². The number of piperidine rings is 3. The summed E-state index contributed by atoms with van der Waals surface area (Å²) in [6, 6.07) is 27.2. The maximum atomic E-state index is 12.2. The number of aromatic nitrogens is 1. The summed E-state index contributed by atoms with van der Waals surface area (Å²) in [5, 5.41) is 28.5. The summed E-state index contributed by atoms with van der Waals surface area (Å²) in [5.74, 6) is 1.55. The summed E-state index contributed by atoms with van der Waals surface area (Å²) in [6.45, 7) is 5.45. The summed E-state index contributed by atoms with van der Waals surface area (Å²) in [5.41, 5.74) is 3.11. The van der Waals surface area contributed by atoms with Crippen molar-refractivity contribution in [2.24, 2.45) is 11.8 Å². The van der Waals surface area contributed by atoms with Gasteiger partial charge in [0, 0.05) is 35.9 Å². The Bertz CT molecular complexity index is 1620. The topological polar surface area (TPSA) is 53.4 Å². The number of benzene rings is 4.